The molecule has 1 unspecified atom stereocenters. The van der Waals surface area contributed by atoms with Gasteiger partial charge in [0, 0.05) is 35.1 Å². The summed E-state index contributed by atoms with van der Waals surface area (Å²) in [5.41, 5.74) is 8.69. The molecule has 2 atom stereocenters. The molecule has 0 bridgehead atoms. The van der Waals surface area contributed by atoms with E-state index in [1.807, 2.05) is 79.0 Å². The van der Waals surface area contributed by atoms with Crippen molar-refractivity contribution in [3.63, 3.8) is 0 Å². The molecule has 0 spiro atoms. The van der Waals surface area contributed by atoms with Crippen LogP contribution in [0.1, 0.15) is 38.3 Å². The first-order chi connectivity index (χ1) is 22.4. The van der Waals surface area contributed by atoms with Crippen LogP contribution in [0.5, 0.6) is 11.5 Å². The Labute approximate surface area is 270 Å². The van der Waals surface area contributed by atoms with Crippen LogP contribution in [0, 0.1) is 16.7 Å². The Morgan fingerprint density at radius 1 is 0.848 bits per heavy atom. The van der Waals surface area contributed by atoms with E-state index in [9.17, 15) is 0 Å². The minimum atomic E-state index is -0.173. The van der Waals surface area contributed by atoms with Gasteiger partial charge in [-0.1, -0.05) is 98.3 Å². The van der Waals surface area contributed by atoms with Crippen molar-refractivity contribution in [2.75, 3.05) is 4.90 Å². The number of amidine groups is 1. The number of aliphatic imine (C=N–C) groups is 1. The summed E-state index contributed by atoms with van der Waals surface area (Å²) < 4.78 is 6.35. The number of ether oxygens (including phenoxy) is 1. The quantitative estimate of drug-likeness (QED) is 0.153. The average Bonchev–Trinajstić information content (AvgIpc) is 3.11. The molecule has 1 N–H and O–H groups in total. The monoisotopic (exact) mass is 600 g/mol. The van der Waals surface area contributed by atoms with Crippen molar-refractivity contribution in [1.29, 1.82) is 5.41 Å². The smallest absolute Gasteiger partial charge is 0.152 e. The van der Waals surface area contributed by atoms with Gasteiger partial charge in [-0.25, -0.2) is 4.99 Å². The lowest BCUT2D eigenvalue weighted by Crippen LogP contribution is -2.34. The number of aromatic nitrogens is 1. The number of para-hydroxylation sites is 4. The molecule has 46 heavy (non-hydrogen) atoms. The van der Waals surface area contributed by atoms with E-state index in [0.717, 1.165) is 62.9 Å². The van der Waals surface area contributed by atoms with Crippen LogP contribution in [-0.4, -0.2) is 16.5 Å². The molecular formula is C41H36N4O. The van der Waals surface area contributed by atoms with Crippen molar-refractivity contribution >= 4 is 28.6 Å². The molecule has 1 aromatic heterocycles. The molecule has 0 amide bonds. The second kappa shape index (κ2) is 12.1. The van der Waals surface area contributed by atoms with Gasteiger partial charge in [0.2, 0.25) is 0 Å². The topological polar surface area (TPSA) is 61.6 Å². The Hall–Kier alpha value is -5.55. The van der Waals surface area contributed by atoms with Crippen LogP contribution in [0.2, 0.25) is 0 Å². The zero-order valence-corrected chi connectivity index (χ0v) is 26.3. The Morgan fingerprint density at radius 2 is 1.54 bits per heavy atom. The van der Waals surface area contributed by atoms with Gasteiger partial charge in [0.15, 0.2) is 17.3 Å². The highest BCUT2D eigenvalue weighted by Crippen LogP contribution is 2.51. The van der Waals surface area contributed by atoms with Gasteiger partial charge in [0.1, 0.15) is 0 Å². The van der Waals surface area contributed by atoms with Gasteiger partial charge < -0.3 is 9.64 Å². The van der Waals surface area contributed by atoms with E-state index in [0.29, 0.717) is 0 Å². The zero-order chi connectivity index (χ0) is 31.7. The highest BCUT2D eigenvalue weighted by atomic mass is 16.5. The van der Waals surface area contributed by atoms with Crippen LogP contribution in [0.15, 0.2) is 150 Å². The lowest BCUT2D eigenvalue weighted by atomic mass is 9.66. The number of allylic oxidation sites excluding steroid dienone is 4. The van der Waals surface area contributed by atoms with Crippen molar-refractivity contribution in [3.05, 3.63) is 157 Å². The van der Waals surface area contributed by atoms with Crippen molar-refractivity contribution < 1.29 is 4.74 Å². The molecule has 2 aliphatic rings. The molecule has 5 nitrogen and oxygen atoms in total. The van der Waals surface area contributed by atoms with Gasteiger partial charge >= 0.3 is 0 Å². The van der Waals surface area contributed by atoms with Crippen molar-refractivity contribution in [1.82, 2.24) is 4.98 Å². The molecule has 1 aliphatic heterocycles. The Morgan fingerprint density at radius 3 is 2.22 bits per heavy atom. The summed E-state index contributed by atoms with van der Waals surface area (Å²) in [6.07, 6.45) is 11.2. The maximum absolute atomic E-state index is 9.14. The van der Waals surface area contributed by atoms with E-state index in [1.54, 1.807) is 6.20 Å². The van der Waals surface area contributed by atoms with Crippen molar-refractivity contribution in [3.8, 4) is 22.6 Å². The molecule has 2 heterocycles. The molecule has 1 aliphatic carbocycles. The first kappa shape index (κ1) is 29.2. The van der Waals surface area contributed by atoms with Crippen LogP contribution in [0.4, 0.5) is 17.1 Å². The highest BCUT2D eigenvalue weighted by Gasteiger charge is 2.37. The Kier molecular flexibility index (Phi) is 7.67. The molecule has 0 saturated carbocycles. The van der Waals surface area contributed by atoms with E-state index in [4.69, 9.17) is 15.1 Å². The highest BCUT2D eigenvalue weighted by molar-refractivity contribution is 6.13. The Bertz CT molecular complexity index is 1970. The summed E-state index contributed by atoms with van der Waals surface area (Å²) in [4.78, 5) is 11.9. The van der Waals surface area contributed by atoms with Gasteiger partial charge in [-0.2, -0.15) is 0 Å². The molecule has 0 fully saturated rings. The van der Waals surface area contributed by atoms with Crippen LogP contribution < -0.4 is 9.64 Å². The number of rotatable bonds is 6. The predicted octanol–water partition coefficient (Wildman–Crippen LogP) is 10.7. The number of fused-ring (bicyclic) bond motifs is 2. The third-order valence-corrected chi connectivity index (χ3v) is 9.47. The van der Waals surface area contributed by atoms with Crippen molar-refractivity contribution in [2.45, 2.75) is 27.2 Å². The predicted molar refractivity (Wildman–Crippen MR) is 189 cm³/mol. The summed E-state index contributed by atoms with van der Waals surface area (Å²) in [7, 11) is 0. The number of hydrogen-bond acceptors (Lipinski definition) is 4. The number of hydrogen-bond donors (Lipinski definition) is 1. The molecule has 4 aromatic carbocycles. The van der Waals surface area contributed by atoms with Gasteiger partial charge in [-0.3, -0.25) is 10.4 Å². The Balaban J connectivity index is 1.47. The summed E-state index contributed by atoms with van der Waals surface area (Å²) in [5.74, 6) is 1.84. The first-order valence-corrected chi connectivity index (χ1v) is 15.7. The van der Waals surface area contributed by atoms with E-state index >= 15 is 0 Å². The van der Waals surface area contributed by atoms with E-state index < -0.39 is 0 Å². The molecule has 226 valence electrons. The molecule has 0 radical (unpaired) electrons. The third kappa shape index (κ3) is 5.34. The summed E-state index contributed by atoms with van der Waals surface area (Å²) in [6.45, 7) is 6.78. The van der Waals surface area contributed by atoms with E-state index in [-0.39, 0.29) is 17.2 Å². The fourth-order valence-corrected chi connectivity index (χ4v) is 6.46. The molecule has 0 saturated heterocycles. The first-order valence-electron chi connectivity index (χ1n) is 15.7. The van der Waals surface area contributed by atoms with Crippen LogP contribution in [0.3, 0.4) is 0 Å². The average molecular weight is 601 g/mol. The zero-order valence-electron chi connectivity index (χ0n) is 26.3. The number of nitrogens with one attached hydrogen (secondary N) is 1. The molecule has 7 rings (SSSR count). The summed E-state index contributed by atoms with van der Waals surface area (Å²) in [6, 6.07) is 36.7. The van der Waals surface area contributed by atoms with Crippen LogP contribution in [-0.2, 0) is 0 Å². The maximum atomic E-state index is 9.14. The summed E-state index contributed by atoms with van der Waals surface area (Å²) >= 11 is 0. The number of benzene rings is 4. The fourth-order valence-electron chi connectivity index (χ4n) is 6.46. The maximum Gasteiger partial charge on any atom is 0.152 e. The van der Waals surface area contributed by atoms with Crippen molar-refractivity contribution in [2.24, 2.45) is 16.3 Å². The third-order valence-electron chi connectivity index (χ3n) is 9.47. The minimum Gasteiger partial charge on any atom is -0.453 e. The second-order valence-corrected chi connectivity index (χ2v) is 12.2. The van der Waals surface area contributed by atoms with Gasteiger partial charge in [-0.15, -0.1) is 0 Å². The fraction of sp³-hybridized carbons (Fsp3) is 0.146. The normalized spacial score (nSPS) is 17.8. The standard InChI is InChI=1S/C41H36N4O/c1-28-14-11-12-22-41(28,3)29(2)39(44-40(42)30-15-5-4-6-16-30)33-24-32(31-17-13-23-43-27-31)25-34(26-33)45-35-18-7-9-20-37(35)46-38-21-10-8-19-36(38)45/h4-21,23-27,29,42H,22H2,1-3H3/b42-40?,44-39+/t29-,41?/m1/s1. The molecule has 5 heteroatoms. The number of anilines is 3. The van der Waals surface area contributed by atoms with Crippen LogP contribution >= 0.6 is 0 Å². The molecular weight excluding hydrogens is 564 g/mol. The van der Waals surface area contributed by atoms with Gasteiger partial charge in [0.05, 0.1) is 17.1 Å². The second-order valence-electron chi connectivity index (χ2n) is 12.2. The van der Waals surface area contributed by atoms with E-state index in [1.165, 1.54) is 5.57 Å². The van der Waals surface area contributed by atoms with Gasteiger partial charge in [-0.05, 0) is 78.4 Å². The lowest BCUT2D eigenvalue weighted by Gasteiger charge is -2.39. The van der Waals surface area contributed by atoms with Gasteiger partial charge in [0.25, 0.3) is 0 Å². The van der Waals surface area contributed by atoms with Crippen LogP contribution in [0.25, 0.3) is 11.1 Å². The largest absolute Gasteiger partial charge is 0.453 e. The minimum absolute atomic E-state index is 0.000905. The number of nitrogens with zero attached hydrogens (tertiary/aromatic N) is 3. The SMILES string of the molecule is CC1=CC=CCC1(C)[C@H](C)/C(=N\C(=N)c1ccccc1)c1cc(-c2cccnc2)cc(N2c3ccccc3Oc3ccccc32)c1. The molecule has 5 aromatic rings. The lowest BCUT2D eigenvalue weighted by molar-refractivity contribution is 0.324. The van der Waals surface area contributed by atoms with E-state index in [2.05, 4.69) is 85.3 Å². The summed E-state index contributed by atoms with van der Waals surface area (Å²) in [5, 5.41) is 9.14. The number of pyridine rings is 1.